The fraction of sp³-hybridized carbons (Fsp3) is 0. The Morgan fingerprint density at radius 2 is 2.13 bits per heavy atom. The molecule has 0 aromatic carbocycles. The average Bonchev–Trinajstić information content (AvgIpc) is 2.67. The summed E-state index contributed by atoms with van der Waals surface area (Å²) in [6.45, 7) is 0. The van der Waals surface area contributed by atoms with Crippen LogP contribution in [0.4, 0.5) is 0 Å². The van der Waals surface area contributed by atoms with Gasteiger partial charge in [-0.05, 0) is 24.4 Å². The molecule has 0 aliphatic rings. The van der Waals surface area contributed by atoms with Gasteiger partial charge in [-0.3, -0.25) is 0 Å². The van der Waals surface area contributed by atoms with Crippen molar-refractivity contribution in [2.24, 2.45) is 14.6 Å². The van der Waals surface area contributed by atoms with E-state index >= 15 is 0 Å². The minimum absolute atomic E-state index is 0.839. The summed E-state index contributed by atoms with van der Waals surface area (Å²) < 4.78 is 3.81. The van der Waals surface area contributed by atoms with Crippen LogP contribution in [-0.2, 0) is 0 Å². The van der Waals surface area contributed by atoms with E-state index in [-0.39, 0.29) is 0 Å². The quantitative estimate of drug-likeness (QED) is 0.272. The molecule has 4 nitrogen and oxygen atoms in total. The number of thiocarbonyl (C=S) groups is 1. The number of thiophene rings is 1. The summed E-state index contributed by atoms with van der Waals surface area (Å²) in [6, 6.07) is 3.76. The molecule has 1 rings (SSSR count). The largest absolute Gasteiger partial charge is 0.208 e. The second-order valence-electron chi connectivity index (χ2n) is 2.09. The van der Waals surface area contributed by atoms with Crippen LogP contribution in [0.1, 0.15) is 9.75 Å². The van der Waals surface area contributed by atoms with Crippen molar-refractivity contribution in [3.8, 4) is 5.40 Å². The van der Waals surface area contributed by atoms with Gasteiger partial charge in [-0.2, -0.15) is 5.26 Å². The Morgan fingerprint density at radius 1 is 1.40 bits per heavy atom. The molecule has 1 aromatic heterocycles. The summed E-state index contributed by atoms with van der Waals surface area (Å²) in [5.41, 5.74) is 0. The standard InChI is InChI=1S/C8H4N4S3/c9-5-14-12-4-8-2-1-7(15-8)3-10-11-6-13/h1-4H/b10-3+,12-4+. The van der Waals surface area contributed by atoms with Crippen molar-refractivity contribution in [2.45, 2.75) is 0 Å². The maximum atomic E-state index is 8.24. The molecule has 0 saturated heterocycles. The number of nitriles is 1. The van der Waals surface area contributed by atoms with E-state index in [0.717, 1.165) is 21.7 Å². The lowest BCUT2D eigenvalue weighted by Crippen LogP contribution is -1.69. The van der Waals surface area contributed by atoms with Crippen molar-refractivity contribution >= 4 is 53.1 Å². The van der Waals surface area contributed by atoms with E-state index in [4.69, 9.17) is 5.26 Å². The van der Waals surface area contributed by atoms with Gasteiger partial charge in [-0.15, -0.1) is 16.4 Å². The molecule has 0 spiro atoms. The topological polar surface area (TPSA) is 60.9 Å². The Hall–Kier alpha value is -1.32. The summed E-state index contributed by atoms with van der Waals surface area (Å²) in [7, 11) is 0. The molecule has 0 aliphatic carbocycles. The van der Waals surface area contributed by atoms with E-state index in [2.05, 4.69) is 32.0 Å². The molecule has 1 heterocycles. The first-order valence-electron chi connectivity index (χ1n) is 3.65. The van der Waals surface area contributed by atoms with E-state index < -0.39 is 0 Å². The second-order valence-corrected chi connectivity index (χ2v) is 4.00. The Morgan fingerprint density at radius 3 is 2.80 bits per heavy atom. The van der Waals surface area contributed by atoms with Gasteiger partial charge in [-0.1, -0.05) is 5.10 Å². The molecule has 0 saturated carbocycles. The lowest BCUT2D eigenvalue weighted by molar-refractivity contribution is 1.28. The molecular weight excluding hydrogens is 248 g/mol. The first-order chi connectivity index (χ1) is 7.36. The van der Waals surface area contributed by atoms with Crippen LogP contribution in [0, 0.1) is 10.7 Å². The summed E-state index contributed by atoms with van der Waals surface area (Å²) in [4.78, 5) is 1.89. The maximum Gasteiger partial charge on any atom is 0.157 e. The zero-order chi connectivity index (χ0) is 10.9. The van der Waals surface area contributed by atoms with Crippen LogP contribution < -0.4 is 0 Å². The monoisotopic (exact) mass is 252 g/mol. The third-order valence-corrected chi connectivity index (χ3v) is 2.53. The molecule has 0 unspecified atom stereocenters. The normalized spacial score (nSPS) is 10.3. The minimum atomic E-state index is 0.839. The summed E-state index contributed by atoms with van der Waals surface area (Å²) in [6.07, 6.45) is 3.21. The molecule has 74 valence electrons. The van der Waals surface area contributed by atoms with Crippen LogP contribution in [0.25, 0.3) is 0 Å². The summed E-state index contributed by atoms with van der Waals surface area (Å²) >= 11 is 6.69. The van der Waals surface area contributed by atoms with E-state index in [1.165, 1.54) is 11.3 Å². The molecule has 0 atom stereocenters. The zero-order valence-electron chi connectivity index (χ0n) is 7.32. The van der Waals surface area contributed by atoms with Crippen LogP contribution >= 0.6 is 35.5 Å². The fourth-order valence-electron chi connectivity index (χ4n) is 0.718. The van der Waals surface area contributed by atoms with Crippen molar-refractivity contribution in [2.75, 3.05) is 0 Å². The average molecular weight is 252 g/mol. The molecule has 7 heteroatoms. The first-order valence-corrected chi connectivity index (χ1v) is 5.65. The highest BCUT2D eigenvalue weighted by Crippen LogP contribution is 2.13. The number of thiocyanates is 1. The van der Waals surface area contributed by atoms with Gasteiger partial charge in [0.25, 0.3) is 0 Å². The van der Waals surface area contributed by atoms with Crippen molar-refractivity contribution in [1.29, 1.82) is 5.26 Å². The van der Waals surface area contributed by atoms with E-state index in [0.29, 0.717) is 0 Å². The molecule has 0 radical (unpaired) electrons. The van der Waals surface area contributed by atoms with Gasteiger partial charge in [0.1, 0.15) is 0 Å². The lowest BCUT2D eigenvalue weighted by Gasteiger charge is -1.79. The van der Waals surface area contributed by atoms with Gasteiger partial charge in [-0.25, -0.2) is 4.40 Å². The molecule has 15 heavy (non-hydrogen) atoms. The summed E-state index contributed by atoms with van der Waals surface area (Å²) in [5.74, 6) is 0. The third kappa shape index (κ3) is 4.63. The maximum absolute atomic E-state index is 8.24. The van der Waals surface area contributed by atoms with Crippen molar-refractivity contribution < 1.29 is 0 Å². The van der Waals surface area contributed by atoms with Crippen LogP contribution in [0.5, 0.6) is 0 Å². The van der Waals surface area contributed by atoms with E-state index in [1.807, 2.05) is 17.5 Å². The van der Waals surface area contributed by atoms with Crippen molar-refractivity contribution in [3.63, 3.8) is 0 Å². The van der Waals surface area contributed by atoms with Gasteiger partial charge < -0.3 is 0 Å². The van der Waals surface area contributed by atoms with Gasteiger partial charge in [0.2, 0.25) is 0 Å². The fourth-order valence-corrected chi connectivity index (χ4v) is 1.80. The number of rotatable bonds is 4. The number of hydrogen-bond donors (Lipinski definition) is 0. The Kier molecular flexibility index (Phi) is 5.51. The number of nitrogens with zero attached hydrogens (tertiary/aromatic N) is 4. The highest BCUT2D eigenvalue weighted by molar-refractivity contribution is 8.02. The van der Waals surface area contributed by atoms with E-state index in [9.17, 15) is 0 Å². The molecule has 1 aromatic rings. The van der Waals surface area contributed by atoms with Gasteiger partial charge >= 0.3 is 0 Å². The SMILES string of the molecule is N#CS/N=C/c1ccc(/C=N/N=C=S)s1. The smallest absolute Gasteiger partial charge is 0.157 e. The van der Waals surface area contributed by atoms with Crippen molar-refractivity contribution in [3.05, 3.63) is 21.9 Å². The van der Waals surface area contributed by atoms with Gasteiger partial charge in [0, 0.05) is 9.75 Å². The summed E-state index contributed by atoms with van der Waals surface area (Å²) in [5, 5.41) is 19.3. The minimum Gasteiger partial charge on any atom is -0.208 e. The van der Waals surface area contributed by atoms with Crippen LogP contribution in [0.2, 0.25) is 0 Å². The van der Waals surface area contributed by atoms with E-state index in [1.54, 1.807) is 12.4 Å². The first kappa shape index (κ1) is 11.8. The molecule has 0 N–H and O–H groups in total. The highest BCUT2D eigenvalue weighted by Gasteiger charge is 1.94. The number of hydrogen-bond acceptors (Lipinski definition) is 7. The molecule has 0 fully saturated rings. The van der Waals surface area contributed by atoms with Gasteiger partial charge in [0.15, 0.2) is 5.40 Å². The lowest BCUT2D eigenvalue weighted by atomic mass is 10.4. The van der Waals surface area contributed by atoms with Crippen LogP contribution in [0.15, 0.2) is 26.7 Å². The molecule has 0 bridgehead atoms. The van der Waals surface area contributed by atoms with Crippen LogP contribution in [0.3, 0.4) is 0 Å². The molecular formula is C8H4N4S3. The molecule has 0 aliphatic heterocycles. The Labute approximate surface area is 100 Å². The van der Waals surface area contributed by atoms with Crippen molar-refractivity contribution in [1.82, 2.24) is 0 Å². The molecule has 0 amide bonds. The third-order valence-electron chi connectivity index (χ3n) is 1.20. The predicted octanol–water partition coefficient (Wildman–Crippen LogP) is 2.73. The number of isothiocyanates is 1. The Bertz CT molecular complexity index is 462. The van der Waals surface area contributed by atoms with Gasteiger partial charge in [0.05, 0.1) is 29.5 Å². The Balaban J connectivity index is 2.64. The zero-order valence-corrected chi connectivity index (χ0v) is 9.77. The second kappa shape index (κ2) is 7.04. The predicted molar refractivity (Wildman–Crippen MR) is 67.7 cm³/mol. The highest BCUT2D eigenvalue weighted by atomic mass is 32.2. The van der Waals surface area contributed by atoms with Crippen LogP contribution in [-0.4, -0.2) is 17.6 Å².